The van der Waals surface area contributed by atoms with Gasteiger partial charge in [-0.2, -0.15) is 8.78 Å². The summed E-state index contributed by atoms with van der Waals surface area (Å²) in [5, 5.41) is 0. The molecule has 1 fully saturated rings. The molecule has 144 valence electrons. The van der Waals surface area contributed by atoms with Crippen LogP contribution in [0.4, 0.5) is 20.5 Å². The zero-order chi connectivity index (χ0) is 19.6. The molecule has 0 aliphatic carbocycles. The summed E-state index contributed by atoms with van der Waals surface area (Å²) in [5.41, 5.74) is 6.22. The van der Waals surface area contributed by atoms with Gasteiger partial charge in [0.1, 0.15) is 5.82 Å². The Kier molecular flexibility index (Phi) is 4.87. The maximum absolute atomic E-state index is 15.3. The quantitative estimate of drug-likeness (QED) is 0.746. The second kappa shape index (κ2) is 7.47. The van der Waals surface area contributed by atoms with Gasteiger partial charge in [0.25, 0.3) is 5.92 Å². The molecule has 0 radical (unpaired) electrons. The van der Waals surface area contributed by atoms with Gasteiger partial charge in [0, 0.05) is 42.2 Å². The first kappa shape index (κ1) is 18.2. The van der Waals surface area contributed by atoms with Crippen molar-refractivity contribution in [2.75, 3.05) is 36.9 Å². The van der Waals surface area contributed by atoms with Crippen molar-refractivity contribution in [3.8, 4) is 11.3 Å². The van der Waals surface area contributed by atoms with E-state index in [1.807, 2.05) is 4.90 Å². The molecule has 2 aromatic heterocycles. The largest absolute Gasteiger partial charge is 0.378 e. The van der Waals surface area contributed by atoms with E-state index in [-0.39, 0.29) is 17.1 Å². The summed E-state index contributed by atoms with van der Waals surface area (Å²) >= 11 is 0. The van der Waals surface area contributed by atoms with E-state index >= 15 is 8.78 Å². The number of morpholine rings is 1. The van der Waals surface area contributed by atoms with Crippen LogP contribution in [-0.4, -0.2) is 41.3 Å². The van der Waals surface area contributed by atoms with Gasteiger partial charge in [0.05, 0.1) is 18.9 Å². The maximum Gasteiger partial charge on any atom is 0.298 e. The summed E-state index contributed by atoms with van der Waals surface area (Å²) in [5.74, 6) is -2.58. The molecule has 1 saturated heterocycles. The Morgan fingerprint density at radius 1 is 0.964 bits per heavy atom. The van der Waals surface area contributed by atoms with Gasteiger partial charge >= 0.3 is 0 Å². The second-order valence-electron chi connectivity index (χ2n) is 6.47. The van der Waals surface area contributed by atoms with Crippen molar-refractivity contribution < 1.29 is 13.5 Å². The van der Waals surface area contributed by atoms with Crippen LogP contribution in [0.5, 0.6) is 0 Å². The molecule has 1 aliphatic heterocycles. The Bertz CT molecular complexity index is 945. The van der Waals surface area contributed by atoms with Crippen molar-refractivity contribution in [1.29, 1.82) is 0 Å². The highest BCUT2D eigenvalue weighted by atomic mass is 19.3. The molecule has 0 unspecified atom stereocenters. The Balaban J connectivity index is 1.83. The molecule has 4 rings (SSSR count). The first-order valence-electron chi connectivity index (χ1n) is 8.90. The van der Waals surface area contributed by atoms with Crippen LogP contribution in [0.2, 0.25) is 0 Å². The average Bonchev–Trinajstić information content (AvgIpc) is 2.75. The number of hydrogen-bond donors (Lipinski definition) is 1. The molecule has 6 nitrogen and oxygen atoms in total. The number of anilines is 2. The number of pyridine rings is 1. The molecule has 3 aromatic rings. The topological polar surface area (TPSA) is 77.2 Å². The summed E-state index contributed by atoms with van der Waals surface area (Å²) in [7, 11) is 0. The molecule has 0 spiro atoms. The summed E-state index contributed by atoms with van der Waals surface area (Å²) in [4.78, 5) is 14.4. The van der Waals surface area contributed by atoms with Crippen LogP contribution in [-0.2, 0) is 10.7 Å². The number of rotatable bonds is 4. The number of halogens is 2. The zero-order valence-electron chi connectivity index (χ0n) is 15.1. The van der Waals surface area contributed by atoms with E-state index in [9.17, 15) is 0 Å². The fourth-order valence-electron chi connectivity index (χ4n) is 3.08. The molecule has 0 amide bonds. The standard InChI is InChI=1S/C20H19F2N5O/c21-20(22,15-4-2-1-3-5-15)16-10-17(14-12-24-19(23)25-13-14)26-18(11-16)27-6-8-28-9-7-27/h1-5,10-13H,6-9H2,(H2,23,24,25). The second-order valence-corrected chi connectivity index (χ2v) is 6.47. The van der Waals surface area contributed by atoms with E-state index in [1.54, 1.807) is 18.2 Å². The van der Waals surface area contributed by atoms with Gasteiger partial charge in [-0.3, -0.25) is 0 Å². The van der Waals surface area contributed by atoms with Crippen LogP contribution in [0.3, 0.4) is 0 Å². The summed E-state index contributed by atoms with van der Waals surface area (Å²) in [6.07, 6.45) is 2.97. The molecule has 1 aliphatic rings. The van der Waals surface area contributed by atoms with Gasteiger partial charge in [-0.15, -0.1) is 0 Å². The number of nitrogen functional groups attached to an aromatic ring is 1. The normalized spacial score (nSPS) is 14.9. The number of ether oxygens (including phenoxy) is 1. The Morgan fingerprint density at radius 3 is 2.32 bits per heavy atom. The lowest BCUT2D eigenvalue weighted by Gasteiger charge is -2.29. The van der Waals surface area contributed by atoms with E-state index in [1.165, 1.54) is 36.7 Å². The predicted molar refractivity (Wildman–Crippen MR) is 102 cm³/mol. The third kappa shape index (κ3) is 3.63. The summed E-state index contributed by atoms with van der Waals surface area (Å²) < 4.78 is 35.9. The Labute approximate surface area is 161 Å². The number of nitrogens with two attached hydrogens (primary N) is 1. The van der Waals surface area contributed by atoms with Crippen molar-refractivity contribution in [2.45, 2.75) is 5.92 Å². The highest BCUT2D eigenvalue weighted by Gasteiger charge is 2.35. The SMILES string of the molecule is Nc1ncc(-c2cc(C(F)(F)c3ccccc3)cc(N3CCOCC3)n2)cn1. The smallest absolute Gasteiger partial charge is 0.298 e. The van der Waals surface area contributed by atoms with E-state index in [4.69, 9.17) is 10.5 Å². The number of nitrogens with zero attached hydrogens (tertiary/aromatic N) is 4. The van der Waals surface area contributed by atoms with Crippen LogP contribution in [0.25, 0.3) is 11.3 Å². The minimum Gasteiger partial charge on any atom is -0.378 e. The fourth-order valence-corrected chi connectivity index (χ4v) is 3.08. The molecule has 3 heterocycles. The van der Waals surface area contributed by atoms with Crippen LogP contribution in [0.15, 0.2) is 54.9 Å². The van der Waals surface area contributed by atoms with Crippen LogP contribution in [0, 0.1) is 0 Å². The molecule has 2 N–H and O–H groups in total. The monoisotopic (exact) mass is 383 g/mol. The maximum atomic E-state index is 15.3. The number of aromatic nitrogens is 3. The highest BCUT2D eigenvalue weighted by Crippen LogP contribution is 2.38. The lowest BCUT2D eigenvalue weighted by molar-refractivity contribution is 0.0428. The summed E-state index contributed by atoms with van der Waals surface area (Å²) in [6, 6.07) is 10.6. The Morgan fingerprint density at radius 2 is 1.64 bits per heavy atom. The third-order valence-corrected chi connectivity index (χ3v) is 4.61. The van der Waals surface area contributed by atoms with Crippen LogP contribution < -0.4 is 10.6 Å². The molecule has 0 saturated carbocycles. The van der Waals surface area contributed by atoms with Gasteiger partial charge in [0.15, 0.2) is 0 Å². The molecule has 0 atom stereocenters. The lowest BCUT2D eigenvalue weighted by Crippen LogP contribution is -2.37. The van der Waals surface area contributed by atoms with Gasteiger partial charge < -0.3 is 15.4 Å². The first-order chi connectivity index (χ1) is 13.5. The molecule has 0 bridgehead atoms. The lowest BCUT2D eigenvalue weighted by atomic mass is 9.99. The van der Waals surface area contributed by atoms with Crippen LogP contribution in [0.1, 0.15) is 11.1 Å². The van der Waals surface area contributed by atoms with E-state index in [0.29, 0.717) is 43.4 Å². The first-order valence-corrected chi connectivity index (χ1v) is 8.90. The van der Waals surface area contributed by atoms with E-state index < -0.39 is 5.92 Å². The minimum atomic E-state index is -3.17. The van der Waals surface area contributed by atoms with Gasteiger partial charge in [0.2, 0.25) is 5.95 Å². The summed E-state index contributed by atoms with van der Waals surface area (Å²) in [6.45, 7) is 2.23. The molecular formula is C20H19F2N5O. The molecule has 28 heavy (non-hydrogen) atoms. The van der Waals surface area contributed by atoms with Crippen molar-refractivity contribution in [1.82, 2.24) is 15.0 Å². The van der Waals surface area contributed by atoms with Crippen molar-refractivity contribution in [3.63, 3.8) is 0 Å². The molecular weight excluding hydrogens is 364 g/mol. The third-order valence-electron chi connectivity index (χ3n) is 4.61. The Hall–Kier alpha value is -3.13. The molecule has 1 aromatic carbocycles. The van der Waals surface area contributed by atoms with Gasteiger partial charge in [-0.25, -0.2) is 15.0 Å². The van der Waals surface area contributed by atoms with Crippen molar-refractivity contribution in [3.05, 3.63) is 66.0 Å². The van der Waals surface area contributed by atoms with Gasteiger partial charge in [-0.1, -0.05) is 30.3 Å². The highest BCUT2D eigenvalue weighted by molar-refractivity contribution is 5.63. The minimum absolute atomic E-state index is 0.0753. The van der Waals surface area contributed by atoms with E-state index in [0.717, 1.165) is 0 Å². The fraction of sp³-hybridized carbons (Fsp3) is 0.250. The average molecular weight is 383 g/mol. The zero-order valence-corrected chi connectivity index (χ0v) is 15.1. The van der Waals surface area contributed by atoms with Crippen molar-refractivity contribution in [2.24, 2.45) is 0 Å². The predicted octanol–water partition coefficient (Wildman–Crippen LogP) is 3.10. The van der Waals surface area contributed by atoms with Gasteiger partial charge in [-0.05, 0) is 12.1 Å². The number of benzene rings is 1. The van der Waals surface area contributed by atoms with Crippen LogP contribution >= 0.6 is 0 Å². The van der Waals surface area contributed by atoms with E-state index in [2.05, 4.69) is 15.0 Å². The number of hydrogen-bond acceptors (Lipinski definition) is 6. The number of alkyl halides is 2. The molecule has 8 heteroatoms. The van der Waals surface area contributed by atoms with Crippen molar-refractivity contribution >= 4 is 11.8 Å².